The fourth-order valence-corrected chi connectivity index (χ4v) is 4.28. The minimum Gasteiger partial charge on any atom is -0.432 e. The molecule has 0 radical (unpaired) electrons. The van der Waals surface area contributed by atoms with E-state index >= 15 is 8.78 Å². The number of hydrogen-bond donors (Lipinski definition) is 0. The topological polar surface area (TPSA) is 37.4 Å². The summed E-state index contributed by atoms with van der Waals surface area (Å²) in [4.78, 5) is 2.59. The highest BCUT2D eigenvalue weighted by Crippen LogP contribution is 2.68. The molecule has 0 N–H and O–H groups in total. The number of halogens is 8. The van der Waals surface area contributed by atoms with E-state index in [9.17, 15) is 26.3 Å². The Balaban J connectivity index is 2.07. The summed E-state index contributed by atoms with van der Waals surface area (Å²) in [6, 6.07) is 1.89. The molecule has 0 spiro atoms. The quantitative estimate of drug-likeness (QED) is 0.391. The van der Waals surface area contributed by atoms with Crippen molar-refractivity contribution >= 4 is 5.69 Å². The number of alkyl halides is 8. The molecule has 1 unspecified atom stereocenters. The van der Waals surface area contributed by atoms with E-state index in [1.165, 1.54) is 6.07 Å². The highest BCUT2D eigenvalue weighted by Gasteiger charge is 2.77. The molecule has 30 heavy (non-hydrogen) atoms. The van der Waals surface area contributed by atoms with E-state index in [2.05, 4.69) is 9.58 Å². The molecule has 0 heterocycles. The van der Waals surface area contributed by atoms with Gasteiger partial charge in [0.1, 0.15) is 16.7 Å². The standard InChI is InChI=1S/C19H14F8N2O/c1-15-5-7-16(8-6-15,14(20)17(15,21)22)19(26,27)30-12-4-3-11(18(23,24)25)13(29-2)10(12)9-28/h3-4,14H,5-8H2,1H3. The van der Waals surface area contributed by atoms with Crippen LogP contribution in [0.2, 0.25) is 0 Å². The van der Waals surface area contributed by atoms with Gasteiger partial charge in [-0.25, -0.2) is 18.0 Å². The Hall–Kier alpha value is -2.56. The molecule has 4 rings (SSSR count). The predicted octanol–water partition coefficient (Wildman–Crippen LogP) is 6.65. The van der Waals surface area contributed by atoms with Crippen LogP contribution in [-0.4, -0.2) is 18.2 Å². The van der Waals surface area contributed by atoms with Crippen LogP contribution >= 0.6 is 0 Å². The monoisotopic (exact) mass is 438 g/mol. The third kappa shape index (κ3) is 2.82. The Morgan fingerprint density at radius 3 is 2.17 bits per heavy atom. The summed E-state index contributed by atoms with van der Waals surface area (Å²) in [5, 5.41) is 9.15. The molecule has 3 fully saturated rings. The lowest BCUT2D eigenvalue weighted by Crippen LogP contribution is -2.68. The van der Waals surface area contributed by atoms with Crippen molar-refractivity contribution in [1.82, 2.24) is 0 Å². The van der Waals surface area contributed by atoms with E-state index in [0.717, 1.165) is 6.92 Å². The van der Waals surface area contributed by atoms with Crippen LogP contribution in [0.15, 0.2) is 12.1 Å². The molecule has 1 aromatic rings. The molecule has 11 heteroatoms. The van der Waals surface area contributed by atoms with Gasteiger partial charge in [0.05, 0.1) is 18.2 Å². The second kappa shape index (κ2) is 6.47. The first-order valence-electron chi connectivity index (χ1n) is 8.77. The normalized spacial score (nSPS) is 30.4. The van der Waals surface area contributed by atoms with Gasteiger partial charge in [-0.1, -0.05) is 13.0 Å². The van der Waals surface area contributed by atoms with Gasteiger partial charge >= 0.3 is 12.3 Å². The summed E-state index contributed by atoms with van der Waals surface area (Å²) >= 11 is 0. The van der Waals surface area contributed by atoms with Gasteiger partial charge in [0.15, 0.2) is 6.17 Å². The minimum atomic E-state index is -5.05. The molecule has 0 aliphatic heterocycles. The molecule has 0 aromatic heterocycles. The smallest absolute Gasteiger partial charge is 0.407 e. The molecule has 3 nitrogen and oxygen atoms in total. The zero-order chi connectivity index (χ0) is 22.8. The van der Waals surface area contributed by atoms with Gasteiger partial charge in [-0.2, -0.15) is 27.2 Å². The number of hydrogen-bond acceptors (Lipinski definition) is 2. The molecular weight excluding hydrogens is 424 g/mol. The minimum absolute atomic E-state index is 0.275. The second-order valence-corrected chi connectivity index (χ2v) is 7.88. The molecule has 1 aromatic carbocycles. The maximum Gasteiger partial charge on any atom is 0.407 e. The van der Waals surface area contributed by atoms with E-state index < -0.39 is 83.5 Å². The largest absolute Gasteiger partial charge is 0.432 e. The summed E-state index contributed by atoms with van der Waals surface area (Å²) < 4.78 is 117. The van der Waals surface area contributed by atoms with Crippen molar-refractivity contribution < 1.29 is 39.9 Å². The summed E-state index contributed by atoms with van der Waals surface area (Å²) in [5.74, 6) is -5.17. The van der Waals surface area contributed by atoms with Gasteiger partial charge in [0.25, 0.3) is 5.92 Å². The number of nitrogens with zero attached hydrogens (tertiary/aromatic N) is 2. The first kappa shape index (κ1) is 22.1. The second-order valence-electron chi connectivity index (χ2n) is 7.88. The van der Waals surface area contributed by atoms with Crippen LogP contribution in [0.25, 0.3) is 4.85 Å². The lowest BCUT2D eigenvalue weighted by molar-refractivity contribution is -0.359. The van der Waals surface area contributed by atoms with Crippen LogP contribution in [0, 0.1) is 28.7 Å². The van der Waals surface area contributed by atoms with E-state index in [0.29, 0.717) is 6.07 Å². The van der Waals surface area contributed by atoms with E-state index in [4.69, 9.17) is 11.8 Å². The fraction of sp³-hybridized carbons (Fsp3) is 0.579. The van der Waals surface area contributed by atoms with Crippen molar-refractivity contribution in [3.63, 3.8) is 0 Å². The van der Waals surface area contributed by atoms with Gasteiger partial charge in [-0.05, 0) is 31.7 Å². The molecule has 0 saturated heterocycles. The summed E-state index contributed by atoms with van der Waals surface area (Å²) in [5.41, 5.74) is -8.63. The van der Waals surface area contributed by atoms with Crippen molar-refractivity contribution in [2.45, 2.75) is 57.0 Å². The Kier molecular flexibility index (Phi) is 4.77. The first-order chi connectivity index (χ1) is 13.7. The highest BCUT2D eigenvalue weighted by atomic mass is 19.4. The van der Waals surface area contributed by atoms with Crippen molar-refractivity contribution in [1.29, 1.82) is 5.26 Å². The summed E-state index contributed by atoms with van der Waals surface area (Å²) in [7, 11) is 0. The van der Waals surface area contributed by atoms with E-state index in [1.54, 1.807) is 0 Å². The molecule has 3 saturated carbocycles. The zero-order valence-electron chi connectivity index (χ0n) is 15.4. The lowest BCUT2D eigenvalue weighted by atomic mass is 9.51. The fourth-order valence-electron chi connectivity index (χ4n) is 4.28. The average Bonchev–Trinajstić information content (AvgIpc) is 2.65. The van der Waals surface area contributed by atoms with Gasteiger partial charge in [0.2, 0.25) is 5.69 Å². The first-order valence-corrected chi connectivity index (χ1v) is 8.77. The molecule has 1 atom stereocenters. The Morgan fingerprint density at radius 1 is 1.13 bits per heavy atom. The van der Waals surface area contributed by atoms with Crippen LogP contribution in [0.1, 0.15) is 43.7 Å². The maximum absolute atomic E-state index is 15.1. The van der Waals surface area contributed by atoms with Crippen LogP contribution < -0.4 is 4.74 Å². The van der Waals surface area contributed by atoms with Crippen molar-refractivity contribution in [2.24, 2.45) is 10.8 Å². The number of fused-ring (bicyclic) bond motifs is 3. The Morgan fingerprint density at radius 2 is 1.70 bits per heavy atom. The number of nitriles is 1. The number of rotatable bonds is 3. The Bertz CT molecular complexity index is 949. The Labute approximate surface area is 166 Å². The molecule has 162 valence electrons. The summed E-state index contributed by atoms with van der Waals surface area (Å²) in [6.45, 7) is 8.01. The molecule has 2 bridgehead atoms. The maximum atomic E-state index is 15.1. The van der Waals surface area contributed by atoms with E-state index in [1.807, 2.05) is 0 Å². The molecule has 3 aliphatic carbocycles. The summed E-state index contributed by atoms with van der Waals surface area (Å²) in [6.07, 6.45) is -14.9. The van der Waals surface area contributed by atoms with Crippen LogP contribution in [0.4, 0.5) is 40.8 Å². The van der Waals surface area contributed by atoms with E-state index in [-0.39, 0.29) is 6.07 Å². The van der Waals surface area contributed by atoms with Gasteiger partial charge < -0.3 is 4.74 Å². The van der Waals surface area contributed by atoms with Gasteiger partial charge in [-0.15, -0.1) is 0 Å². The molecule has 3 aliphatic rings. The third-order valence-corrected chi connectivity index (χ3v) is 6.34. The zero-order valence-corrected chi connectivity index (χ0v) is 15.4. The molecular formula is C19H14F8N2O. The average molecular weight is 438 g/mol. The lowest BCUT2D eigenvalue weighted by Gasteiger charge is -2.58. The van der Waals surface area contributed by atoms with Gasteiger partial charge in [0, 0.05) is 5.41 Å². The highest BCUT2D eigenvalue weighted by molar-refractivity contribution is 5.69. The van der Waals surface area contributed by atoms with Crippen molar-refractivity contribution in [2.75, 3.05) is 0 Å². The number of benzene rings is 1. The SMILES string of the molecule is [C-]#[N+]c1c(C(F)(F)F)ccc(OC(F)(F)C23CCC(C)(CC2)C(F)(F)C3F)c1C#N. The van der Waals surface area contributed by atoms with Crippen LogP contribution in [0.3, 0.4) is 0 Å². The number of ether oxygens (including phenoxy) is 1. The van der Waals surface area contributed by atoms with Crippen LogP contribution in [-0.2, 0) is 6.18 Å². The van der Waals surface area contributed by atoms with Crippen molar-refractivity contribution in [3.8, 4) is 11.8 Å². The van der Waals surface area contributed by atoms with Crippen molar-refractivity contribution in [3.05, 3.63) is 34.7 Å². The predicted molar refractivity (Wildman–Crippen MR) is 86.8 cm³/mol. The third-order valence-electron chi connectivity index (χ3n) is 6.34. The molecule has 0 amide bonds. The van der Waals surface area contributed by atoms with Gasteiger partial charge in [-0.3, -0.25) is 0 Å². The van der Waals surface area contributed by atoms with Crippen LogP contribution in [0.5, 0.6) is 5.75 Å².